The Bertz CT molecular complexity index is 637. The van der Waals surface area contributed by atoms with Crippen LogP contribution in [-0.2, 0) is 19.1 Å². The Kier molecular flexibility index (Phi) is 4.80. The first-order valence-corrected chi connectivity index (χ1v) is 8.11. The molecule has 2 aliphatic rings. The highest BCUT2D eigenvalue weighted by molar-refractivity contribution is 5.97. The van der Waals surface area contributed by atoms with E-state index in [2.05, 4.69) is 10.6 Å². The van der Waals surface area contributed by atoms with E-state index in [1.807, 2.05) is 0 Å². The van der Waals surface area contributed by atoms with E-state index < -0.39 is 23.9 Å². The first-order valence-electron chi connectivity index (χ1n) is 8.11. The molecular formula is C17H20N2O5. The zero-order chi connectivity index (χ0) is 17.1. The summed E-state index contributed by atoms with van der Waals surface area (Å²) in [6.45, 7) is 0.613. The monoisotopic (exact) mass is 332 g/mol. The fourth-order valence-corrected chi connectivity index (χ4v) is 2.99. The molecule has 0 aromatic heterocycles. The van der Waals surface area contributed by atoms with Crippen LogP contribution in [0.25, 0.3) is 0 Å². The summed E-state index contributed by atoms with van der Waals surface area (Å²) >= 11 is 0. The molecule has 3 atom stereocenters. The van der Waals surface area contributed by atoms with Crippen LogP contribution >= 0.6 is 0 Å². The second kappa shape index (κ2) is 7.00. The van der Waals surface area contributed by atoms with Crippen LogP contribution < -0.4 is 10.6 Å². The van der Waals surface area contributed by atoms with Crippen molar-refractivity contribution in [3.63, 3.8) is 0 Å². The molecule has 128 valence electrons. The van der Waals surface area contributed by atoms with E-state index in [1.54, 1.807) is 24.3 Å². The summed E-state index contributed by atoms with van der Waals surface area (Å²) in [5, 5.41) is 14.5. The number of amides is 2. The second-order valence-corrected chi connectivity index (χ2v) is 6.19. The lowest BCUT2D eigenvalue weighted by atomic mass is 9.73. The van der Waals surface area contributed by atoms with Crippen molar-refractivity contribution < 1.29 is 24.2 Å². The van der Waals surface area contributed by atoms with Gasteiger partial charge < -0.3 is 20.5 Å². The van der Waals surface area contributed by atoms with Crippen molar-refractivity contribution in [2.45, 2.75) is 31.8 Å². The van der Waals surface area contributed by atoms with Gasteiger partial charge in [-0.05, 0) is 49.9 Å². The molecule has 7 heteroatoms. The number of carbonyl (C=O) groups excluding carboxylic acids is 2. The molecule has 1 aliphatic heterocycles. The van der Waals surface area contributed by atoms with Crippen molar-refractivity contribution in [2.75, 3.05) is 17.2 Å². The number of carboxylic acids is 1. The van der Waals surface area contributed by atoms with Gasteiger partial charge >= 0.3 is 5.97 Å². The zero-order valence-electron chi connectivity index (χ0n) is 13.2. The third-order valence-electron chi connectivity index (χ3n) is 4.57. The lowest BCUT2D eigenvalue weighted by Gasteiger charge is -2.31. The highest BCUT2D eigenvalue weighted by atomic mass is 16.5. The number of anilines is 2. The van der Waals surface area contributed by atoms with Crippen LogP contribution in [0.3, 0.4) is 0 Å². The summed E-state index contributed by atoms with van der Waals surface area (Å²) in [4.78, 5) is 35.0. The summed E-state index contributed by atoms with van der Waals surface area (Å²) in [7, 11) is 0. The molecule has 24 heavy (non-hydrogen) atoms. The van der Waals surface area contributed by atoms with Gasteiger partial charge in [0.25, 0.3) is 5.91 Å². The number of ether oxygens (including phenoxy) is 1. The molecule has 1 aromatic carbocycles. The maximum atomic E-state index is 12.1. The number of hydrogen-bond donors (Lipinski definition) is 3. The summed E-state index contributed by atoms with van der Waals surface area (Å²) in [5.41, 5.74) is 1.20. The van der Waals surface area contributed by atoms with E-state index in [-0.39, 0.29) is 11.8 Å². The fraction of sp³-hybridized carbons (Fsp3) is 0.471. The summed E-state index contributed by atoms with van der Waals surface area (Å²) in [6.07, 6.45) is 2.36. The van der Waals surface area contributed by atoms with Gasteiger partial charge in [-0.15, -0.1) is 0 Å². The number of rotatable bonds is 5. The predicted octanol–water partition coefficient (Wildman–Crippen LogP) is 1.85. The van der Waals surface area contributed by atoms with Gasteiger partial charge in [0, 0.05) is 18.0 Å². The Hall–Kier alpha value is -2.41. The Morgan fingerprint density at radius 1 is 0.917 bits per heavy atom. The Balaban J connectivity index is 1.53. The van der Waals surface area contributed by atoms with Gasteiger partial charge in [0.1, 0.15) is 6.10 Å². The van der Waals surface area contributed by atoms with Crippen molar-refractivity contribution in [3.05, 3.63) is 24.3 Å². The number of nitrogens with one attached hydrogen (secondary N) is 2. The highest BCUT2D eigenvalue weighted by Gasteiger charge is 2.41. The van der Waals surface area contributed by atoms with E-state index in [4.69, 9.17) is 9.84 Å². The lowest BCUT2D eigenvalue weighted by molar-refractivity contribution is -0.151. The molecule has 1 heterocycles. The Labute approximate surface area is 139 Å². The molecule has 1 saturated heterocycles. The normalized spacial score (nSPS) is 25.6. The molecule has 2 fully saturated rings. The van der Waals surface area contributed by atoms with Gasteiger partial charge in [-0.1, -0.05) is 0 Å². The molecule has 3 unspecified atom stereocenters. The van der Waals surface area contributed by atoms with Crippen molar-refractivity contribution in [2.24, 2.45) is 11.8 Å². The van der Waals surface area contributed by atoms with Crippen LogP contribution in [-0.4, -0.2) is 35.6 Å². The molecule has 0 radical (unpaired) electrons. The van der Waals surface area contributed by atoms with Crippen LogP contribution in [0.5, 0.6) is 0 Å². The van der Waals surface area contributed by atoms with Gasteiger partial charge in [0.15, 0.2) is 0 Å². The van der Waals surface area contributed by atoms with Crippen molar-refractivity contribution in [3.8, 4) is 0 Å². The third-order valence-corrected chi connectivity index (χ3v) is 4.57. The van der Waals surface area contributed by atoms with E-state index in [9.17, 15) is 14.4 Å². The number of carbonyl (C=O) groups is 3. The quantitative estimate of drug-likeness (QED) is 0.763. The molecule has 3 N–H and O–H groups in total. The molecule has 7 nitrogen and oxygen atoms in total. The fourth-order valence-electron chi connectivity index (χ4n) is 2.99. The van der Waals surface area contributed by atoms with Crippen molar-refractivity contribution in [1.82, 2.24) is 0 Å². The van der Waals surface area contributed by atoms with E-state index >= 15 is 0 Å². The molecular weight excluding hydrogens is 312 g/mol. The average Bonchev–Trinajstić information content (AvgIpc) is 3.01. The number of carboxylic acid groups (broad SMARTS) is 1. The zero-order valence-corrected chi connectivity index (χ0v) is 13.2. The lowest BCUT2D eigenvalue weighted by Crippen LogP contribution is -2.41. The van der Waals surface area contributed by atoms with Crippen molar-refractivity contribution in [1.29, 1.82) is 0 Å². The van der Waals surface area contributed by atoms with E-state index in [0.29, 0.717) is 30.8 Å². The van der Waals surface area contributed by atoms with Gasteiger partial charge in [-0.3, -0.25) is 14.4 Å². The summed E-state index contributed by atoms with van der Waals surface area (Å²) < 4.78 is 5.32. The largest absolute Gasteiger partial charge is 0.481 e. The van der Waals surface area contributed by atoms with Crippen LogP contribution in [0, 0.1) is 11.8 Å². The Morgan fingerprint density at radius 2 is 1.50 bits per heavy atom. The number of aliphatic carboxylic acids is 1. The molecule has 1 saturated carbocycles. The summed E-state index contributed by atoms with van der Waals surface area (Å²) in [6, 6.07) is 6.74. The number of benzene rings is 1. The predicted molar refractivity (Wildman–Crippen MR) is 86.5 cm³/mol. The molecule has 3 rings (SSSR count). The van der Waals surface area contributed by atoms with Crippen LogP contribution in [0.2, 0.25) is 0 Å². The maximum Gasteiger partial charge on any atom is 0.307 e. The minimum Gasteiger partial charge on any atom is -0.481 e. The molecule has 0 bridgehead atoms. The minimum absolute atomic E-state index is 0.164. The second-order valence-electron chi connectivity index (χ2n) is 6.19. The highest BCUT2D eigenvalue weighted by Crippen LogP contribution is 2.35. The average molecular weight is 332 g/mol. The van der Waals surface area contributed by atoms with Gasteiger partial charge in [-0.25, -0.2) is 0 Å². The standard InChI is InChI=1S/C17H20N2O5/c20-15(12-7-8-13(12)17(22)23)18-10-3-5-11(6-4-10)19-16(21)14-2-1-9-24-14/h3-6,12-14H,1-2,7-9H2,(H,18,20)(H,19,21)(H,22,23). The molecule has 0 spiro atoms. The van der Waals surface area contributed by atoms with Crippen LogP contribution in [0.1, 0.15) is 25.7 Å². The first-order chi connectivity index (χ1) is 11.5. The van der Waals surface area contributed by atoms with Crippen LogP contribution in [0.4, 0.5) is 11.4 Å². The minimum atomic E-state index is -0.923. The first kappa shape index (κ1) is 16.4. The van der Waals surface area contributed by atoms with Crippen molar-refractivity contribution >= 4 is 29.2 Å². The van der Waals surface area contributed by atoms with Gasteiger partial charge in [-0.2, -0.15) is 0 Å². The van der Waals surface area contributed by atoms with E-state index in [0.717, 1.165) is 12.8 Å². The smallest absolute Gasteiger partial charge is 0.307 e. The Morgan fingerprint density at radius 3 is 1.96 bits per heavy atom. The third kappa shape index (κ3) is 3.56. The van der Waals surface area contributed by atoms with Crippen LogP contribution in [0.15, 0.2) is 24.3 Å². The SMILES string of the molecule is O=C(Nc1ccc(NC(=O)C2CCC2C(=O)O)cc1)C1CCCO1. The summed E-state index contributed by atoms with van der Waals surface area (Å²) in [5.74, 6) is -2.42. The molecule has 2 amide bonds. The molecule has 1 aliphatic carbocycles. The van der Waals surface area contributed by atoms with Gasteiger partial charge in [0.2, 0.25) is 5.91 Å². The topological polar surface area (TPSA) is 105 Å². The molecule has 1 aromatic rings. The van der Waals surface area contributed by atoms with Gasteiger partial charge in [0.05, 0.1) is 11.8 Å². The number of hydrogen-bond acceptors (Lipinski definition) is 4. The van der Waals surface area contributed by atoms with E-state index in [1.165, 1.54) is 0 Å². The maximum absolute atomic E-state index is 12.1.